The van der Waals surface area contributed by atoms with Gasteiger partial charge in [0.15, 0.2) is 0 Å². The van der Waals surface area contributed by atoms with Gasteiger partial charge < -0.3 is 4.98 Å². The van der Waals surface area contributed by atoms with Crippen molar-refractivity contribution >= 4 is 21.6 Å². The van der Waals surface area contributed by atoms with Crippen LogP contribution in [0.15, 0.2) is 18.2 Å². The van der Waals surface area contributed by atoms with Gasteiger partial charge in [0, 0.05) is 5.56 Å². The van der Waals surface area contributed by atoms with E-state index in [1.807, 2.05) is 18.2 Å². The molecule has 0 spiro atoms. The molecule has 3 rings (SSSR count). The van der Waals surface area contributed by atoms with Crippen LogP contribution in [0.3, 0.4) is 0 Å². The van der Waals surface area contributed by atoms with Gasteiger partial charge in [-0.25, -0.2) is 0 Å². The minimum Gasteiger partial charge on any atom is -0.386 e. The Morgan fingerprint density at radius 2 is 2.25 bits per heavy atom. The van der Waals surface area contributed by atoms with Crippen molar-refractivity contribution in [3.63, 3.8) is 0 Å². The van der Waals surface area contributed by atoms with Crippen LogP contribution in [-0.2, 0) is 7.05 Å². The Labute approximate surface area is 108 Å². The van der Waals surface area contributed by atoms with Crippen molar-refractivity contribution in [2.75, 3.05) is 0 Å². The fourth-order valence-electron chi connectivity index (χ4n) is 1.35. The first kappa shape index (κ1) is 11.3. The van der Waals surface area contributed by atoms with Crippen LogP contribution in [0.2, 0.25) is 0 Å². The number of hydrogen-bond donors (Lipinski definition) is 0. The van der Waals surface area contributed by atoms with E-state index in [1.165, 1.54) is 16.1 Å². The van der Waals surface area contributed by atoms with E-state index in [-0.39, 0.29) is 18.9 Å². The van der Waals surface area contributed by atoms with Gasteiger partial charge in [-0.3, -0.25) is 11.3 Å². The summed E-state index contributed by atoms with van der Waals surface area (Å²) in [4.78, 5) is 5.53. The molecule has 0 aliphatic rings. The van der Waals surface area contributed by atoms with Gasteiger partial charge >= 0.3 is 18.9 Å². The minimum absolute atomic E-state index is 0. The fourth-order valence-corrected chi connectivity index (χ4v) is 1.99. The molecule has 7 heteroatoms. The van der Waals surface area contributed by atoms with Gasteiger partial charge in [-0.1, -0.05) is 22.3 Å². The molecule has 0 atom stereocenters. The van der Waals surface area contributed by atoms with Crippen LogP contribution in [0, 0.1) is 5.51 Å². The summed E-state index contributed by atoms with van der Waals surface area (Å²) in [6.07, 6.45) is 0. The molecule has 5 nitrogen and oxygen atoms in total. The summed E-state index contributed by atoms with van der Waals surface area (Å²) in [5.74, 6) is 0.632. The van der Waals surface area contributed by atoms with Gasteiger partial charge in [-0.2, -0.15) is 4.80 Å². The summed E-state index contributed by atoms with van der Waals surface area (Å²) < 4.78 is 1.08. The number of benzene rings is 1. The average molecular weight is 223 g/mol. The predicted octanol–water partition coefficient (Wildman–Crippen LogP) is -1.71. The number of aromatic nitrogens is 5. The van der Waals surface area contributed by atoms with Gasteiger partial charge in [-0.15, -0.1) is 16.3 Å². The molecule has 74 valence electrons. The summed E-state index contributed by atoms with van der Waals surface area (Å²) in [5.41, 5.74) is 4.76. The Kier molecular flexibility index (Phi) is 3.05. The Hall–Kier alpha value is -1.22. The molecule has 0 saturated carbocycles. The van der Waals surface area contributed by atoms with E-state index in [2.05, 4.69) is 25.9 Å². The summed E-state index contributed by atoms with van der Waals surface area (Å²) in [6, 6.07) is 5.88. The molecule has 0 fully saturated rings. The van der Waals surface area contributed by atoms with E-state index in [4.69, 9.17) is 0 Å². The second kappa shape index (κ2) is 4.34. The maximum absolute atomic E-state index is 4.14. The van der Waals surface area contributed by atoms with Crippen LogP contribution < -0.4 is 18.9 Å². The Bertz CT molecular complexity index is 617. The summed E-state index contributed by atoms with van der Waals surface area (Å²) >= 11 is 1.48. The Morgan fingerprint density at radius 1 is 1.38 bits per heavy atom. The van der Waals surface area contributed by atoms with Gasteiger partial charge in [0.2, 0.25) is 5.82 Å². The van der Waals surface area contributed by atoms with Crippen molar-refractivity contribution in [3.05, 3.63) is 23.7 Å². The topological polar surface area (TPSA) is 56.5 Å². The van der Waals surface area contributed by atoms with Crippen LogP contribution in [-0.4, -0.2) is 25.2 Å². The third-order valence-electron chi connectivity index (χ3n) is 2.05. The summed E-state index contributed by atoms with van der Waals surface area (Å²) in [6.45, 7) is 0. The zero-order chi connectivity index (χ0) is 10.3. The zero-order valence-corrected chi connectivity index (χ0v) is 9.69. The average Bonchev–Trinajstić information content (AvgIpc) is 2.84. The molecule has 0 saturated heterocycles. The third kappa shape index (κ3) is 1.87. The molecule has 2 heterocycles. The Balaban J connectivity index is 0.000000963. The van der Waals surface area contributed by atoms with Gasteiger partial charge in [-0.05, 0) is 10.7 Å². The first-order valence-electron chi connectivity index (χ1n) is 4.34. The third-order valence-corrected chi connectivity index (χ3v) is 2.78. The van der Waals surface area contributed by atoms with E-state index in [0.29, 0.717) is 5.82 Å². The van der Waals surface area contributed by atoms with Crippen LogP contribution in [0.1, 0.15) is 0 Å². The fraction of sp³-hybridized carbons (Fsp3) is 0.111. The molecule has 0 radical (unpaired) electrons. The molecule has 16 heavy (non-hydrogen) atoms. The number of aryl methyl sites for hydroxylation is 1. The second-order valence-electron chi connectivity index (χ2n) is 3.09. The molecule has 0 bridgehead atoms. The second-order valence-corrected chi connectivity index (χ2v) is 3.92. The predicted molar refractivity (Wildman–Crippen MR) is 56.2 cm³/mol. The monoisotopic (exact) mass is 223 g/mol. The van der Waals surface area contributed by atoms with Crippen molar-refractivity contribution in [2.24, 2.45) is 7.05 Å². The standard InChI is InChI=1S/C9H6N5S.Li/c1-14-12-9(11-13-14)6-2-3-7-8(4-6)15-5-10-7;/h2-4H,1H3;/q-1;+1. The van der Waals surface area contributed by atoms with Crippen LogP contribution in [0.25, 0.3) is 21.6 Å². The molecular formula is C9H6LiN5S. The van der Waals surface area contributed by atoms with Crippen molar-refractivity contribution < 1.29 is 18.9 Å². The van der Waals surface area contributed by atoms with Crippen LogP contribution in [0.5, 0.6) is 0 Å². The largest absolute Gasteiger partial charge is 1.00 e. The smallest absolute Gasteiger partial charge is 0.386 e. The SMILES string of the molecule is Cn1nnc(-c2ccc3n[c-]sc3c2)n1.[Li+]. The maximum Gasteiger partial charge on any atom is 1.00 e. The summed E-state index contributed by atoms with van der Waals surface area (Å²) in [5, 5.41) is 11.9. The van der Waals surface area contributed by atoms with E-state index < -0.39 is 0 Å². The molecular weight excluding hydrogens is 217 g/mol. The number of rotatable bonds is 1. The van der Waals surface area contributed by atoms with Crippen molar-refractivity contribution in [2.45, 2.75) is 0 Å². The van der Waals surface area contributed by atoms with Gasteiger partial charge in [0.25, 0.3) is 0 Å². The maximum atomic E-state index is 4.14. The molecule has 0 unspecified atom stereocenters. The van der Waals surface area contributed by atoms with Crippen LogP contribution in [0.4, 0.5) is 0 Å². The number of hydrogen-bond acceptors (Lipinski definition) is 5. The van der Waals surface area contributed by atoms with Crippen molar-refractivity contribution in [1.82, 2.24) is 25.2 Å². The quantitative estimate of drug-likeness (QED) is 0.364. The van der Waals surface area contributed by atoms with Gasteiger partial charge in [0.1, 0.15) is 0 Å². The Morgan fingerprint density at radius 3 is 3.00 bits per heavy atom. The first-order chi connectivity index (χ1) is 7.33. The van der Waals surface area contributed by atoms with Crippen molar-refractivity contribution in [1.29, 1.82) is 0 Å². The van der Waals surface area contributed by atoms with E-state index in [1.54, 1.807) is 7.05 Å². The molecule has 0 N–H and O–H groups in total. The normalized spacial score (nSPS) is 10.3. The molecule has 0 aliphatic heterocycles. The summed E-state index contributed by atoms with van der Waals surface area (Å²) in [7, 11) is 1.75. The molecule has 3 aromatic rings. The van der Waals surface area contributed by atoms with E-state index >= 15 is 0 Å². The number of tetrazole rings is 1. The van der Waals surface area contributed by atoms with Crippen LogP contribution >= 0.6 is 11.3 Å². The van der Waals surface area contributed by atoms with E-state index in [9.17, 15) is 0 Å². The molecule has 0 aliphatic carbocycles. The van der Waals surface area contributed by atoms with E-state index in [0.717, 1.165) is 15.8 Å². The molecule has 2 aromatic heterocycles. The zero-order valence-electron chi connectivity index (χ0n) is 8.88. The number of thiazole rings is 1. The number of nitrogens with zero attached hydrogens (tertiary/aromatic N) is 5. The minimum atomic E-state index is 0. The first-order valence-corrected chi connectivity index (χ1v) is 5.15. The molecule has 1 aromatic carbocycles. The molecule has 0 amide bonds. The van der Waals surface area contributed by atoms with Gasteiger partial charge in [0.05, 0.1) is 7.05 Å². The van der Waals surface area contributed by atoms with Crippen molar-refractivity contribution in [3.8, 4) is 11.4 Å². The number of fused-ring (bicyclic) bond motifs is 1.